The zero-order valence-electron chi connectivity index (χ0n) is 20.2. The molecule has 0 aliphatic carbocycles. The summed E-state index contributed by atoms with van der Waals surface area (Å²) in [7, 11) is -0.712. The number of methoxy groups -OCH3 is 1. The molecule has 0 aliphatic rings. The maximum Gasteiger partial charge on any atom is 0.268 e. The number of nitrogens with two attached hydrogens (primary N) is 1. The molecule has 0 radical (unpaired) electrons. The lowest BCUT2D eigenvalue weighted by molar-refractivity contribution is 0.0981. The van der Waals surface area contributed by atoms with Crippen LogP contribution in [0.3, 0.4) is 0 Å². The molecule has 1 heterocycles. The smallest absolute Gasteiger partial charge is 0.268 e. The molecule has 186 valence electrons. The molecule has 1 aromatic heterocycles. The van der Waals surface area contributed by atoms with E-state index in [1.165, 1.54) is 31.6 Å². The highest BCUT2D eigenvalue weighted by molar-refractivity contribution is 7.90. The van der Waals surface area contributed by atoms with E-state index in [-0.39, 0.29) is 16.2 Å². The molecule has 3 aromatic carbocycles. The summed E-state index contributed by atoms with van der Waals surface area (Å²) in [5.41, 5.74) is 9.76. The Morgan fingerprint density at radius 2 is 1.83 bits per heavy atom. The number of amides is 1. The highest BCUT2D eigenvalue weighted by atomic mass is 32.2. The number of anilines is 1. The van der Waals surface area contributed by atoms with Crippen LogP contribution < -0.4 is 19.9 Å². The molecule has 9 heteroatoms. The summed E-state index contributed by atoms with van der Waals surface area (Å²) in [6.45, 7) is 1.74. The topological polar surface area (TPSA) is 113 Å². The zero-order chi connectivity index (χ0) is 25.9. The first-order valence-corrected chi connectivity index (χ1v) is 12.7. The van der Waals surface area contributed by atoms with Crippen molar-refractivity contribution in [2.24, 2.45) is 7.05 Å². The molecule has 3 N–H and O–H groups in total. The highest BCUT2D eigenvalue weighted by Gasteiger charge is 2.23. The third-order valence-corrected chi connectivity index (χ3v) is 7.09. The molecule has 0 saturated heterocycles. The molecular weight excluding hydrogens is 478 g/mol. The minimum atomic E-state index is -4.19. The molecule has 8 nitrogen and oxygen atoms in total. The fraction of sp³-hybridized carbons (Fsp3) is 0.148. The van der Waals surface area contributed by atoms with Gasteiger partial charge in [0.2, 0.25) is 0 Å². The van der Waals surface area contributed by atoms with Crippen molar-refractivity contribution in [3.8, 4) is 11.5 Å². The molecule has 0 unspecified atom stereocenters. The molecule has 0 fully saturated rings. The van der Waals surface area contributed by atoms with Gasteiger partial charge in [0.05, 0.1) is 13.4 Å². The quantitative estimate of drug-likeness (QED) is 0.271. The van der Waals surface area contributed by atoms with Crippen molar-refractivity contribution in [1.29, 1.82) is 0 Å². The number of aromatic nitrogens is 1. The number of hydrogen-bond donors (Lipinski definition) is 2. The van der Waals surface area contributed by atoms with Crippen LogP contribution in [0.5, 0.6) is 11.5 Å². The van der Waals surface area contributed by atoms with Gasteiger partial charge in [-0.1, -0.05) is 24.3 Å². The maximum absolute atomic E-state index is 12.9. The van der Waals surface area contributed by atoms with Crippen molar-refractivity contribution in [1.82, 2.24) is 9.29 Å². The Morgan fingerprint density at radius 3 is 2.58 bits per heavy atom. The molecule has 4 rings (SSSR count). The van der Waals surface area contributed by atoms with Crippen molar-refractivity contribution in [2.75, 3.05) is 12.8 Å². The van der Waals surface area contributed by atoms with Crippen LogP contribution in [0.15, 0.2) is 84.1 Å². The lowest BCUT2D eigenvalue weighted by Gasteiger charge is -2.13. The minimum Gasteiger partial charge on any atom is -0.496 e. The van der Waals surface area contributed by atoms with E-state index in [2.05, 4.69) is 4.72 Å². The lowest BCUT2D eigenvalue weighted by Crippen LogP contribution is -2.30. The number of hydrogen-bond acceptors (Lipinski definition) is 6. The Labute approximate surface area is 210 Å². The number of aryl methyl sites for hydroxylation is 1. The molecule has 36 heavy (non-hydrogen) atoms. The van der Waals surface area contributed by atoms with Gasteiger partial charge in [0.25, 0.3) is 15.9 Å². The summed E-state index contributed by atoms with van der Waals surface area (Å²) in [5, 5.41) is 1.03. The normalized spacial score (nSPS) is 11.6. The highest BCUT2D eigenvalue weighted by Crippen LogP contribution is 2.29. The molecule has 0 aliphatic heterocycles. The fourth-order valence-corrected chi connectivity index (χ4v) is 5.13. The van der Waals surface area contributed by atoms with Crippen molar-refractivity contribution >= 4 is 32.5 Å². The lowest BCUT2D eigenvalue weighted by atomic mass is 10.0. The van der Waals surface area contributed by atoms with E-state index < -0.39 is 15.9 Å². The summed E-state index contributed by atoms with van der Waals surface area (Å²) in [4.78, 5) is 12.8. The number of rotatable bonds is 8. The van der Waals surface area contributed by atoms with Gasteiger partial charge < -0.3 is 19.8 Å². The monoisotopic (exact) mass is 505 g/mol. The van der Waals surface area contributed by atoms with Crippen LogP contribution in [-0.2, 0) is 23.5 Å². The first kappa shape index (κ1) is 24.9. The number of ether oxygens (including phenoxy) is 2. The number of para-hydroxylation sites is 1. The predicted octanol–water partition coefficient (Wildman–Crippen LogP) is 4.39. The Bertz CT molecular complexity index is 1570. The fourth-order valence-electron chi connectivity index (χ4n) is 4.02. The summed E-state index contributed by atoms with van der Waals surface area (Å²) in [5.74, 6) is -0.198. The van der Waals surface area contributed by atoms with Crippen LogP contribution in [0, 0.1) is 0 Å². The number of nitrogens with zero attached hydrogens (tertiary/aromatic N) is 1. The predicted molar refractivity (Wildman–Crippen MR) is 140 cm³/mol. The van der Waals surface area contributed by atoms with Gasteiger partial charge in [0.1, 0.15) is 16.4 Å². The number of allylic oxidation sites excluding steroid dienone is 1. The zero-order valence-corrected chi connectivity index (χ0v) is 21.0. The van der Waals surface area contributed by atoms with Crippen LogP contribution in [0.2, 0.25) is 0 Å². The number of sulfonamides is 1. The van der Waals surface area contributed by atoms with Crippen molar-refractivity contribution < 1.29 is 22.7 Å². The third kappa shape index (κ3) is 5.06. The van der Waals surface area contributed by atoms with Crippen LogP contribution in [-0.4, -0.2) is 26.0 Å². The number of benzene rings is 3. The number of carbonyl (C=O) groups excluding carboxylic acids is 1. The summed E-state index contributed by atoms with van der Waals surface area (Å²) in [6, 6.07) is 16.7. The Morgan fingerprint density at radius 1 is 1.06 bits per heavy atom. The molecule has 4 aromatic rings. The standard InChI is InChI=1S/C27H27N3O5S/c1-4-13-35-24-7-5-6-8-26(24)36(32,33)29-27(31)19-10-9-18(25(15-19)34-3)14-20-17-30(2)23-12-11-21(28)16-22(20)23/h4-13,15-17H,14,28H2,1-3H3,(H,29,31)/b13-4+. The number of nitrogens with one attached hydrogen (secondary N) is 1. The minimum absolute atomic E-state index is 0.111. The first-order chi connectivity index (χ1) is 17.2. The second-order valence-corrected chi connectivity index (χ2v) is 9.86. The van der Waals surface area contributed by atoms with Gasteiger partial charge in [-0.15, -0.1) is 0 Å². The van der Waals surface area contributed by atoms with Crippen LogP contribution in [0.25, 0.3) is 10.9 Å². The van der Waals surface area contributed by atoms with Gasteiger partial charge in [-0.05, 0) is 60.5 Å². The van der Waals surface area contributed by atoms with E-state index >= 15 is 0 Å². The molecule has 0 atom stereocenters. The van der Waals surface area contributed by atoms with Crippen LogP contribution in [0.1, 0.15) is 28.4 Å². The van der Waals surface area contributed by atoms with E-state index in [0.717, 1.165) is 22.0 Å². The number of carbonyl (C=O) groups is 1. The first-order valence-electron chi connectivity index (χ1n) is 11.2. The van der Waals surface area contributed by atoms with E-state index in [1.54, 1.807) is 37.3 Å². The Kier molecular flexibility index (Phi) is 7.03. The van der Waals surface area contributed by atoms with Crippen LogP contribution in [0.4, 0.5) is 5.69 Å². The van der Waals surface area contributed by atoms with Crippen molar-refractivity contribution in [3.63, 3.8) is 0 Å². The summed E-state index contributed by atoms with van der Waals surface area (Å²) < 4.78 is 40.9. The van der Waals surface area contributed by atoms with Gasteiger partial charge in [-0.25, -0.2) is 13.1 Å². The van der Waals surface area contributed by atoms with E-state index in [4.69, 9.17) is 15.2 Å². The molecule has 0 saturated carbocycles. The molecule has 0 bridgehead atoms. The molecule has 0 spiro atoms. The second kappa shape index (κ2) is 10.2. The van der Waals surface area contributed by atoms with Crippen molar-refractivity contribution in [3.05, 3.63) is 95.9 Å². The maximum atomic E-state index is 12.9. The van der Waals surface area contributed by atoms with E-state index in [0.29, 0.717) is 17.9 Å². The van der Waals surface area contributed by atoms with Crippen LogP contribution >= 0.6 is 0 Å². The molecule has 1 amide bonds. The average Bonchev–Trinajstić information content (AvgIpc) is 3.16. The Hall–Kier alpha value is -4.24. The van der Waals surface area contributed by atoms with Gasteiger partial charge >= 0.3 is 0 Å². The Balaban J connectivity index is 1.60. The van der Waals surface area contributed by atoms with Gasteiger partial charge in [0, 0.05) is 41.8 Å². The van der Waals surface area contributed by atoms with E-state index in [1.807, 2.05) is 36.0 Å². The SMILES string of the molecule is C/C=C/Oc1ccccc1S(=O)(=O)NC(=O)c1ccc(Cc2cn(C)c3ccc(N)cc23)c(OC)c1. The summed E-state index contributed by atoms with van der Waals surface area (Å²) >= 11 is 0. The van der Waals surface area contributed by atoms with Crippen molar-refractivity contribution in [2.45, 2.75) is 18.2 Å². The van der Waals surface area contributed by atoms with Gasteiger partial charge in [-0.2, -0.15) is 0 Å². The largest absolute Gasteiger partial charge is 0.496 e. The summed E-state index contributed by atoms with van der Waals surface area (Å²) in [6.07, 6.45) is 5.57. The molecular formula is C27H27N3O5S. The number of fused-ring (bicyclic) bond motifs is 1. The number of nitrogen functional groups attached to an aromatic ring is 1. The van der Waals surface area contributed by atoms with Gasteiger partial charge in [0.15, 0.2) is 0 Å². The van der Waals surface area contributed by atoms with E-state index in [9.17, 15) is 13.2 Å². The average molecular weight is 506 g/mol. The van der Waals surface area contributed by atoms with Gasteiger partial charge in [-0.3, -0.25) is 4.79 Å². The third-order valence-electron chi connectivity index (χ3n) is 5.72. The second-order valence-electron chi connectivity index (χ2n) is 8.21.